The van der Waals surface area contributed by atoms with Gasteiger partial charge in [-0.3, -0.25) is 4.79 Å². The smallest absolute Gasteiger partial charge is 0.211 e. The molecule has 0 radical (unpaired) electrons. The Balaban J connectivity index is 1.98. The summed E-state index contributed by atoms with van der Waals surface area (Å²) in [6, 6.07) is 0. The Morgan fingerprint density at radius 3 is 3.09 bits per heavy atom. The predicted molar refractivity (Wildman–Crippen MR) is 86.9 cm³/mol. The topological polar surface area (TPSA) is 65.0 Å². The fourth-order valence-electron chi connectivity index (χ4n) is 4.11. The molecule has 0 aromatic heterocycles. The second-order valence-electron chi connectivity index (χ2n) is 6.38. The minimum absolute atomic E-state index is 0.0981. The monoisotopic (exact) mass is 377 g/mol. The Morgan fingerprint density at radius 2 is 2.35 bits per heavy atom. The van der Waals surface area contributed by atoms with E-state index in [1.54, 1.807) is 7.11 Å². The third-order valence-corrected chi connectivity index (χ3v) is 5.70. The first-order chi connectivity index (χ1) is 11.1. The highest BCUT2D eigenvalue weighted by molar-refractivity contribution is 9.18. The van der Waals surface area contributed by atoms with Gasteiger partial charge in [-0.2, -0.15) is 0 Å². The molecule has 0 aromatic carbocycles. The first-order valence-corrected chi connectivity index (χ1v) is 8.46. The van der Waals surface area contributed by atoms with Crippen LogP contribution in [-0.2, 0) is 19.1 Å². The minimum Gasteiger partial charge on any atom is -0.489 e. The standard InChI is InChI=1S/C17H16BrNO4/c1-22-14-7-17-6-10(21)2-3-13(17)23-12-5-9(8-20)4-11(15(12)17)16(18)19-14/h3,7-9,12H,2,4-6H2,1H3. The van der Waals surface area contributed by atoms with Crippen LogP contribution in [0.5, 0.6) is 0 Å². The Kier molecular flexibility index (Phi) is 3.34. The highest BCUT2D eigenvalue weighted by atomic mass is 79.9. The summed E-state index contributed by atoms with van der Waals surface area (Å²) in [4.78, 5) is 28.0. The summed E-state index contributed by atoms with van der Waals surface area (Å²) >= 11 is 3.52. The van der Waals surface area contributed by atoms with Gasteiger partial charge in [0.2, 0.25) is 5.88 Å². The van der Waals surface area contributed by atoms with Crippen molar-refractivity contribution < 1.29 is 19.1 Å². The van der Waals surface area contributed by atoms with Gasteiger partial charge in [-0.1, -0.05) is 0 Å². The summed E-state index contributed by atoms with van der Waals surface area (Å²) in [6.07, 6.45) is 6.58. The molecule has 120 valence electrons. The molecule has 0 N–H and O–H groups in total. The molecule has 0 aromatic rings. The molecule has 1 saturated heterocycles. The lowest BCUT2D eigenvalue weighted by Gasteiger charge is -2.32. The first-order valence-electron chi connectivity index (χ1n) is 7.66. The number of aliphatic imine (C=N–C) groups is 1. The maximum absolute atomic E-state index is 12.2. The van der Waals surface area contributed by atoms with Crippen LogP contribution >= 0.6 is 15.9 Å². The van der Waals surface area contributed by atoms with Gasteiger partial charge in [-0.15, -0.1) is 0 Å². The van der Waals surface area contributed by atoms with Gasteiger partial charge in [0.15, 0.2) is 0 Å². The van der Waals surface area contributed by atoms with E-state index < -0.39 is 5.41 Å². The normalized spacial score (nSPS) is 35.2. The van der Waals surface area contributed by atoms with E-state index in [4.69, 9.17) is 9.47 Å². The van der Waals surface area contributed by atoms with Crippen LogP contribution in [0.4, 0.5) is 0 Å². The Bertz CT molecular complexity index is 733. The van der Waals surface area contributed by atoms with Gasteiger partial charge in [0.05, 0.1) is 12.5 Å². The summed E-state index contributed by atoms with van der Waals surface area (Å²) in [5.74, 6) is 1.33. The number of carbonyl (C=O) groups excluding carboxylic acids is 2. The molecule has 0 amide bonds. The van der Waals surface area contributed by atoms with Crippen molar-refractivity contribution in [3.63, 3.8) is 0 Å². The average Bonchev–Trinajstić information content (AvgIpc) is 2.79. The number of hydrogen-bond acceptors (Lipinski definition) is 5. The van der Waals surface area contributed by atoms with Crippen LogP contribution in [0.15, 0.2) is 39.9 Å². The minimum atomic E-state index is -0.604. The van der Waals surface area contributed by atoms with Gasteiger partial charge in [0, 0.05) is 18.8 Å². The summed E-state index contributed by atoms with van der Waals surface area (Å²) in [5, 5.41) is 0. The average molecular weight is 378 g/mol. The number of allylic oxidation sites excluding steroid dienone is 3. The molecule has 1 fully saturated rings. The van der Waals surface area contributed by atoms with Gasteiger partial charge >= 0.3 is 0 Å². The number of ether oxygens (including phenoxy) is 2. The molecule has 0 bridgehead atoms. The number of aldehydes is 1. The number of ketones is 1. The lowest BCUT2D eigenvalue weighted by molar-refractivity contribution is -0.120. The number of hydrogen-bond donors (Lipinski definition) is 0. The number of carbonyl (C=O) groups is 2. The van der Waals surface area contributed by atoms with E-state index in [9.17, 15) is 9.59 Å². The van der Waals surface area contributed by atoms with Crippen molar-refractivity contribution in [3.8, 4) is 0 Å². The van der Waals surface area contributed by atoms with Crippen molar-refractivity contribution in [1.29, 1.82) is 0 Å². The van der Waals surface area contributed by atoms with Crippen molar-refractivity contribution in [3.05, 3.63) is 34.9 Å². The van der Waals surface area contributed by atoms with Gasteiger partial charge < -0.3 is 14.3 Å². The number of halogens is 1. The SMILES string of the molecule is COC1=CC23CC(=O)CC=C2OC2CC(C=O)CC(=C23)C(Br)=N1. The molecule has 5 nitrogen and oxygen atoms in total. The molecule has 4 rings (SSSR count). The summed E-state index contributed by atoms with van der Waals surface area (Å²) in [6.45, 7) is 0. The summed E-state index contributed by atoms with van der Waals surface area (Å²) < 4.78 is 12.2. The Hall–Kier alpha value is -1.69. The van der Waals surface area contributed by atoms with Crippen LogP contribution in [-0.4, -0.2) is 29.9 Å². The number of methoxy groups -OCH3 is 1. The highest BCUT2D eigenvalue weighted by Crippen LogP contribution is 2.58. The largest absolute Gasteiger partial charge is 0.489 e. The molecular formula is C17H16BrNO4. The van der Waals surface area contributed by atoms with Crippen molar-refractivity contribution in [2.24, 2.45) is 16.3 Å². The van der Waals surface area contributed by atoms with E-state index in [2.05, 4.69) is 20.9 Å². The highest BCUT2D eigenvalue weighted by Gasteiger charge is 2.55. The van der Waals surface area contributed by atoms with Gasteiger partial charge in [-0.25, -0.2) is 4.99 Å². The Labute approximate surface area is 142 Å². The van der Waals surface area contributed by atoms with Crippen molar-refractivity contribution in [1.82, 2.24) is 0 Å². The summed E-state index contributed by atoms with van der Waals surface area (Å²) in [7, 11) is 1.56. The van der Waals surface area contributed by atoms with E-state index >= 15 is 0 Å². The fourth-order valence-corrected chi connectivity index (χ4v) is 4.66. The molecule has 4 aliphatic rings. The zero-order valence-electron chi connectivity index (χ0n) is 12.7. The first kappa shape index (κ1) is 14.9. The third-order valence-electron chi connectivity index (χ3n) is 5.04. The van der Waals surface area contributed by atoms with E-state index in [1.165, 1.54) is 0 Å². The third kappa shape index (κ3) is 2.07. The summed E-state index contributed by atoms with van der Waals surface area (Å²) in [5.41, 5.74) is 1.44. The maximum Gasteiger partial charge on any atom is 0.211 e. The van der Waals surface area contributed by atoms with E-state index in [-0.39, 0.29) is 17.8 Å². The van der Waals surface area contributed by atoms with E-state index in [0.29, 0.717) is 36.2 Å². The molecular weight excluding hydrogens is 362 g/mol. The van der Waals surface area contributed by atoms with E-state index in [1.807, 2.05) is 12.2 Å². The molecule has 2 aliphatic heterocycles. The molecule has 2 heterocycles. The van der Waals surface area contributed by atoms with Gasteiger partial charge in [0.1, 0.15) is 28.6 Å². The lowest BCUT2D eigenvalue weighted by Crippen LogP contribution is -2.32. The number of rotatable bonds is 2. The van der Waals surface area contributed by atoms with Crippen LogP contribution < -0.4 is 0 Å². The van der Waals surface area contributed by atoms with Crippen LogP contribution in [0, 0.1) is 11.3 Å². The quantitative estimate of drug-likeness (QED) is 0.694. The predicted octanol–water partition coefficient (Wildman–Crippen LogP) is 2.82. The van der Waals surface area contributed by atoms with Crippen molar-refractivity contribution in [2.45, 2.75) is 31.8 Å². The maximum atomic E-state index is 12.2. The zero-order chi connectivity index (χ0) is 16.2. The second kappa shape index (κ2) is 5.16. The zero-order valence-corrected chi connectivity index (χ0v) is 14.3. The van der Waals surface area contributed by atoms with Crippen LogP contribution in [0.3, 0.4) is 0 Å². The van der Waals surface area contributed by atoms with Crippen molar-refractivity contribution in [2.75, 3.05) is 7.11 Å². The molecule has 2 aliphatic carbocycles. The van der Waals surface area contributed by atoms with Crippen LogP contribution in [0.25, 0.3) is 0 Å². The molecule has 3 unspecified atom stereocenters. The van der Waals surface area contributed by atoms with Gasteiger partial charge in [0.25, 0.3) is 0 Å². The second-order valence-corrected chi connectivity index (χ2v) is 7.13. The molecule has 23 heavy (non-hydrogen) atoms. The molecule has 0 saturated carbocycles. The van der Waals surface area contributed by atoms with Crippen LogP contribution in [0.1, 0.15) is 25.7 Å². The molecule has 1 spiro atoms. The number of Topliss-reactive ketones (excluding diaryl/α,β-unsaturated/α-hetero) is 1. The fraction of sp³-hybridized carbons (Fsp3) is 0.471. The van der Waals surface area contributed by atoms with E-state index in [0.717, 1.165) is 23.2 Å². The van der Waals surface area contributed by atoms with Crippen LogP contribution in [0.2, 0.25) is 0 Å². The van der Waals surface area contributed by atoms with Gasteiger partial charge in [-0.05, 0) is 52.1 Å². The lowest BCUT2D eigenvalue weighted by atomic mass is 9.66. The Morgan fingerprint density at radius 1 is 1.52 bits per heavy atom. The van der Waals surface area contributed by atoms with Crippen molar-refractivity contribution >= 4 is 32.6 Å². The molecule has 3 atom stereocenters. The number of nitrogens with zero attached hydrogens (tertiary/aromatic N) is 1. The molecule has 6 heteroatoms.